The van der Waals surface area contributed by atoms with Gasteiger partial charge in [0, 0.05) is 37.4 Å². The Hall–Kier alpha value is -2.94. The van der Waals surface area contributed by atoms with E-state index >= 15 is 0 Å². The molecule has 2 aromatic heterocycles. The fourth-order valence-corrected chi connectivity index (χ4v) is 5.43. The highest BCUT2D eigenvalue weighted by atomic mass is 16.5. The molecule has 2 aliphatic rings. The van der Waals surface area contributed by atoms with Crippen molar-refractivity contribution in [3.8, 4) is 11.7 Å². The molecule has 2 aliphatic heterocycles. The van der Waals surface area contributed by atoms with Gasteiger partial charge in [-0.1, -0.05) is 26.0 Å². The fraction of sp³-hybridized carbons (Fsp3) is 0.600. The minimum atomic E-state index is 0.187. The summed E-state index contributed by atoms with van der Waals surface area (Å²) in [5, 5.41) is 10.2. The Morgan fingerprint density at radius 3 is 2.50 bits per heavy atom. The lowest BCUT2D eigenvalue weighted by Crippen LogP contribution is -2.48. The molecule has 182 valence electrons. The molecule has 1 aromatic carbocycles. The predicted octanol–water partition coefficient (Wildman–Crippen LogP) is 3.73. The molecule has 2 saturated heterocycles. The van der Waals surface area contributed by atoms with Crippen LogP contribution >= 0.6 is 0 Å². The number of nitrogens with zero attached hydrogens (tertiary/aromatic N) is 6. The van der Waals surface area contributed by atoms with Crippen molar-refractivity contribution in [1.82, 2.24) is 29.7 Å². The van der Waals surface area contributed by atoms with E-state index in [0.717, 1.165) is 74.2 Å². The van der Waals surface area contributed by atoms with Gasteiger partial charge in [0.1, 0.15) is 11.3 Å². The van der Waals surface area contributed by atoms with E-state index in [1.54, 1.807) is 18.7 Å². The smallest absolute Gasteiger partial charge is 0.291 e. The Balaban J connectivity index is 1.30. The maximum atomic E-state index is 11.6. The minimum Gasteiger partial charge on any atom is -0.494 e. The number of carbonyl (C=O) groups is 1. The van der Waals surface area contributed by atoms with Gasteiger partial charge in [0.25, 0.3) is 5.95 Å². The van der Waals surface area contributed by atoms with Gasteiger partial charge in [0.15, 0.2) is 0 Å². The minimum absolute atomic E-state index is 0.187. The number of hydrogen-bond donors (Lipinski definition) is 0. The molecule has 2 fully saturated rings. The van der Waals surface area contributed by atoms with Crippen molar-refractivity contribution >= 4 is 16.8 Å². The summed E-state index contributed by atoms with van der Waals surface area (Å²) < 4.78 is 13.1. The molecule has 0 atom stereocenters. The summed E-state index contributed by atoms with van der Waals surface area (Å²) in [5.74, 6) is 2.58. The molecular weight excluding hydrogens is 432 g/mol. The van der Waals surface area contributed by atoms with Gasteiger partial charge in [-0.25, -0.2) is 0 Å². The summed E-state index contributed by atoms with van der Waals surface area (Å²) in [6, 6.07) is 6.54. The van der Waals surface area contributed by atoms with Crippen LogP contribution in [-0.4, -0.2) is 75.0 Å². The number of likely N-dealkylation sites (tertiary alicyclic amines) is 2. The van der Waals surface area contributed by atoms with Crippen molar-refractivity contribution < 1.29 is 14.1 Å². The van der Waals surface area contributed by atoms with Gasteiger partial charge in [-0.05, 0) is 55.9 Å². The van der Waals surface area contributed by atoms with Crippen LogP contribution in [0.3, 0.4) is 0 Å². The van der Waals surface area contributed by atoms with Gasteiger partial charge in [0.05, 0.1) is 12.8 Å². The lowest BCUT2D eigenvalue weighted by Gasteiger charge is -2.41. The van der Waals surface area contributed by atoms with Crippen molar-refractivity contribution in [3.63, 3.8) is 0 Å². The molecule has 3 aromatic rings. The first kappa shape index (κ1) is 22.8. The standard InChI is InChI=1S/C25H34N6O3/c1-16(2)22-20-6-5-7-21(33-4)23(20)31(27-22)25-26-24(34-28-25)18-8-12-30(13-9-18)19-10-14-29(15-11-19)17(3)32/h5-7,16,18-19H,8-15H2,1-4H3. The number of para-hydroxylation sites is 1. The second-order valence-electron chi connectivity index (χ2n) is 9.79. The normalized spacial score (nSPS) is 18.8. The predicted molar refractivity (Wildman–Crippen MR) is 128 cm³/mol. The molecule has 0 saturated carbocycles. The zero-order valence-electron chi connectivity index (χ0n) is 20.5. The molecule has 0 radical (unpaired) electrons. The van der Waals surface area contributed by atoms with Crippen molar-refractivity contribution in [2.24, 2.45) is 0 Å². The lowest BCUT2D eigenvalue weighted by atomic mass is 9.93. The molecule has 9 nitrogen and oxygen atoms in total. The van der Waals surface area contributed by atoms with Gasteiger partial charge in [0.2, 0.25) is 11.8 Å². The summed E-state index contributed by atoms with van der Waals surface area (Å²) in [6.45, 7) is 9.69. The van der Waals surface area contributed by atoms with Crippen LogP contribution in [0.5, 0.6) is 5.75 Å². The second-order valence-corrected chi connectivity index (χ2v) is 9.79. The number of ether oxygens (including phenoxy) is 1. The van der Waals surface area contributed by atoms with E-state index in [1.807, 2.05) is 17.0 Å². The third-order valence-electron chi connectivity index (χ3n) is 7.39. The first-order valence-corrected chi connectivity index (χ1v) is 12.4. The van der Waals surface area contributed by atoms with E-state index in [0.29, 0.717) is 17.9 Å². The molecule has 5 rings (SSSR count). The molecule has 0 unspecified atom stereocenters. The monoisotopic (exact) mass is 466 g/mol. The van der Waals surface area contributed by atoms with Crippen molar-refractivity contribution in [2.75, 3.05) is 33.3 Å². The molecule has 1 amide bonds. The Bertz CT molecular complexity index is 1150. The van der Waals surface area contributed by atoms with E-state index in [2.05, 4.69) is 30.0 Å². The van der Waals surface area contributed by atoms with Gasteiger partial charge < -0.3 is 19.1 Å². The molecule has 0 aliphatic carbocycles. The Morgan fingerprint density at radius 1 is 1.12 bits per heavy atom. The molecular formula is C25H34N6O3. The highest BCUT2D eigenvalue weighted by Gasteiger charge is 2.31. The molecule has 9 heteroatoms. The average Bonchev–Trinajstić information content (AvgIpc) is 3.49. The van der Waals surface area contributed by atoms with Gasteiger partial charge in [-0.15, -0.1) is 0 Å². The van der Waals surface area contributed by atoms with Crippen LogP contribution in [0.1, 0.15) is 69.9 Å². The third kappa shape index (κ3) is 4.17. The number of methoxy groups -OCH3 is 1. The summed E-state index contributed by atoms with van der Waals surface area (Å²) in [5.41, 5.74) is 1.86. The fourth-order valence-electron chi connectivity index (χ4n) is 5.43. The summed E-state index contributed by atoms with van der Waals surface area (Å²) in [4.78, 5) is 20.9. The van der Waals surface area contributed by atoms with Crippen LogP contribution in [0.25, 0.3) is 16.9 Å². The number of benzene rings is 1. The number of aromatic nitrogens is 4. The number of hydrogen-bond acceptors (Lipinski definition) is 7. The zero-order chi connectivity index (χ0) is 23.8. The van der Waals surface area contributed by atoms with Crippen molar-refractivity contribution in [3.05, 3.63) is 29.8 Å². The van der Waals surface area contributed by atoms with Crippen molar-refractivity contribution in [2.45, 2.75) is 64.3 Å². The zero-order valence-corrected chi connectivity index (χ0v) is 20.5. The highest BCUT2D eigenvalue weighted by molar-refractivity contribution is 5.88. The van der Waals surface area contributed by atoms with Gasteiger partial charge in [-0.3, -0.25) is 4.79 Å². The number of amides is 1. The van der Waals surface area contributed by atoms with Crippen LogP contribution in [0.2, 0.25) is 0 Å². The van der Waals surface area contributed by atoms with Crippen LogP contribution < -0.4 is 4.74 Å². The van der Waals surface area contributed by atoms with Gasteiger partial charge >= 0.3 is 0 Å². The Labute approximate surface area is 200 Å². The highest BCUT2D eigenvalue weighted by Crippen LogP contribution is 2.34. The maximum Gasteiger partial charge on any atom is 0.291 e. The Morgan fingerprint density at radius 2 is 1.85 bits per heavy atom. The van der Waals surface area contributed by atoms with Crippen LogP contribution in [-0.2, 0) is 4.79 Å². The van der Waals surface area contributed by atoms with E-state index in [1.165, 1.54) is 0 Å². The largest absolute Gasteiger partial charge is 0.494 e. The first-order chi connectivity index (χ1) is 16.5. The van der Waals surface area contributed by atoms with E-state index in [-0.39, 0.29) is 17.7 Å². The summed E-state index contributed by atoms with van der Waals surface area (Å²) >= 11 is 0. The maximum absolute atomic E-state index is 11.6. The topological polar surface area (TPSA) is 89.5 Å². The van der Waals surface area contributed by atoms with E-state index < -0.39 is 0 Å². The second kappa shape index (κ2) is 9.37. The van der Waals surface area contributed by atoms with E-state index in [9.17, 15) is 4.79 Å². The van der Waals surface area contributed by atoms with Gasteiger partial charge in [-0.2, -0.15) is 14.8 Å². The molecule has 34 heavy (non-hydrogen) atoms. The van der Waals surface area contributed by atoms with Crippen LogP contribution in [0.4, 0.5) is 0 Å². The number of fused-ring (bicyclic) bond motifs is 1. The third-order valence-corrected chi connectivity index (χ3v) is 7.39. The molecule has 4 heterocycles. The van der Waals surface area contributed by atoms with Crippen molar-refractivity contribution in [1.29, 1.82) is 0 Å². The SMILES string of the molecule is COc1cccc2c(C(C)C)nn(-c3noc(C4CCN(C5CCN(C(C)=O)CC5)CC4)n3)c12. The molecule has 0 bridgehead atoms. The Kier molecular flexibility index (Phi) is 6.29. The quantitative estimate of drug-likeness (QED) is 0.566. The lowest BCUT2D eigenvalue weighted by molar-refractivity contribution is -0.130. The molecule has 0 N–H and O–H groups in total. The first-order valence-electron chi connectivity index (χ1n) is 12.4. The molecule has 0 spiro atoms. The number of piperidine rings is 2. The van der Waals surface area contributed by atoms with E-state index in [4.69, 9.17) is 19.3 Å². The summed E-state index contributed by atoms with van der Waals surface area (Å²) in [6.07, 6.45) is 4.10. The number of rotatable bonds is 5. The van der Waals surface area contributed by atoms with Crippen LogP contribution in [0, 0.1) is 0 Å². The van der Waals surface area contributed by atoms with Crippen LogP contribution in [0.15, 0.2) is 22.7 Å². The number of carbonyl (C=O) groups excluding carboxylic acids is 1. The summed E-state index contributed by atoms with van der Waals surface area (Å²) in [7, 11) is 1.67. The average molecular weight is 467 g/mol.